The van der Waals surface area contributed by atoms with Gasteiger partial charge in [-0.05, 0) is 67.8 Å². The van der Waals surface area contributed by atoms with Gasteiger partial charge < -0.3 is 19.0 Å². The van der Waals surface area contributed by atoms with E-state index in [4.69, 9.17) is 13.9 Å². The Labute approximate surface area is 201 Å². The van der Waals surface area contributed by atoms with Crippen LogP contribution >= 0.6 is 31.9 Å². The number of carbonyl (C=O) groups excluding carboxylic acids is 1. The SMILES string of the molecule is COC(=O)Cc1cc(Br)c(Oc2ccc(O)c(-c3nc(-c4ccccc4)co3)c2)c(Br)c1. The fourth-order valence-corrected chi connectivity index (χ4v) is 4.50. The number of oxazole rings is 1. The van der Waals surface area contributed by atoms with Crippen molar-refractivity contribution >= 4 is 37.8 Å². The number of halogens is 2. The zero-order valence-electron chi connectivity index (χ0n) is 16.8. The van der Waals surface area contributed by atoms with E-state index in [0.29, 0.717) is 31.7 Å². The van der Waals surface area contributed by atoms with Crippen LogP contribution in [0.2, 0.25) is 0 Å². The largest absolute Gasteiger partial charge is 0.507 e. The summed E-state index contributed by atoms with van der Waals surface area (Å²) < 4.78 is 17.7. The van der Waals surface area contributed by atoms with E-state index < -0.39 is 0 Å². The van der Waals surface area contributed by atoms with Crippen molar-refractivity contribution in [3.8, 4) is 40.0 Å². The highest BCUT2D eigenvalue weighted by atomic mass is 79.9. The molecule has 32 heavy (non-hydrogen) atoms. The molecule has 8 heteroatoms. The van der Waals surface area contributed by atoms with Gasteiger partial charge in [0.1, 0.15) is 23.5 Å². The summed E-state index contributed by atoms with van der Waals surface area (Å²) in [7, 11) is 1.35. The molecule has 0 spiro atoms. The van der Waals surface area contributed by atoms with Crippen molar-refractivity contribution in [1.29, 1.82) is 0 Å². The lowest BCUT2D eigenvalue weighted by atomic mass is 10.1. The summed E-state index contributed by atoms with van der Waals surface area (Å²) in [5.41, 5.74) is 2.74. The number of esters is 1. The normalized spacial score (nSPS) is 10.7. The smallest absolute Gasteiger partial charge is 0.309 e. The van der Waals surface area contributed by atoms with Gasteiger partial charge in [0.2, 0.25) is 5.89 Å². The summed E-state index contributed by atoms with van der Waals surface area (Å²) in [6.45, 7) is 0. The summed E-state index contributed by atoms with van der Waals surface area (Å²) in [6.07, 6.45) is 1.69. The van der Waals surface area contributed by atoms with Crippen LogP contribution in [0.15, 0.2) is 80.3 Å². The number of hydrogen-bond donors (Lipinski definition) is 1. The van der Waals surface area contributed by atoms with Crippen LogP contribution in [0.1, 0.15) is 5.56 Å². The van der Waals surface area contributed by atoms with Crippen LogP contribution < -0.4 is 4.74 Å². The minimum atomic E-state index is -0.332. The number of hydrogen-bond acceptors (Lipinski definition) is 6. The predicted octanol–water partition coefficient (Wildman–Crippen LogP) is 6.75. The van der Waals surface area contributed by atoms with Gasteiger partial charge in [-0.15, -0.1) is 0 Å². The number of carbonyl (C=O) groups is 1. The molecule has 0 fully saturated rings. The lowest BCUT2D eigenvalue weighted by molar-refractivity contribution is -0.139. The number of phenols is 1. The van der Waals surface area contributed by atoms with Gasteiger partial charge in [-0.3, -0.25) is 4.79 Å². The van der Waals surface area contributed by atoms with Crippen LogP contribution in [0.5, 0.6) is 17.2 Å². The minimum Gasteiger partial charge on any atom is -0.507 e. The molecular weight excluding hydrogens is 542 g/mol. The van der Waals surface area contributed by atoms with E-state index in [1.807, 2.05) is 30.3 Å². The zero-order valence-corrected chi connectivity index (χ0v) is 20.0. The number of benzene rings is 3. The molecule has 0 atom stereocenters. The Balaban J connectivity index is 1.61. The third-order valence-corrected chi connectivity index (χ3v) is 5.80. The molecule has 1 N–H and O–H groups in total. The maximum absolute atomic E-state index is 11.6. The molecule has 6 nitrogen and oxygen atoms in total. The molecule has 0 aliphatic heterocycles. The standard InChI is InChI=1S/C24H17Br2NO5/c1-30-22(29)11-14-9-18(25)23(19(26)10-14)32-16-7-8-21(28)17(12-16)24-27-20(13-31-24)15-5-3-2-4-6-15/h2-10,12-13,28H,11H2,1H3. The second-order valence-corrected chi connectivity index (χ2v) is 8.54. The molecule has 0 saturated heterocycles. The maximum Gasteiger partial charge on any atom is 0.309 e. The Bertz CT molecular complexity index is 1250. The Morgan fingerprint density at radius 1 is 1.06 bits per heavy atom. The first-order chi connectivity index (χ1) is 15.4. The lowest BCUT2D eigenvalue weighted by Gasteiger charge is -2.13. The molecule has 0 saturated carbocycles. The number of aromatic nitrogens is 1. The lowest BCUT2D eigenvalue weighted by Crippen LogP contribution is -2.04. The average molecular weight is 559 g/mol. The molecule has 3 aromatic carbocycles. The van der Waals surface area contributed by atoms with Gasteiger partial charge in [0.25, 0.3) is 0 Å². The topological polar surface area (TPSA) is 81.8 Å². The van der Waals surface area contributed by atoms with Crippen LogP contribution in [0.3, 0.4) is 0 Å². The Morgan fingerprint density at radius 2 is 1.78 bits per heavy atom. The van der Waals surface area contributed by atoms with Crippen molar-refractivity contribution in [2.45, 2.75) is 6.42 Å². The second kappa shape index (κ2) is 9.58. The highest BCUT2D eigenvalue weighted by molar-refractivity contribution is 9.11. The summed E-state index contributed by atoms with van der Waals surface area (Å²) >= 11 is 6.97. The summed E-state index contributed by atoms with van der Waals surface area (Å²) in [5.74, 6) is 0.956. The highest BCUT2D eigenvalue weighted by Crippen LogP contribution is 2.40. The molecule has 1 aromatic heterocycles. The Morgan fingerprint density at radius 3 is 2.47 bits per heavy atom. The number of rotatable bonds is 6. The summed E-state index contributed by atoms with van der Waals surface area (Å²) in [6, 6.07) is 18.0. The zero-order chi connectivity index (χ0) is 22.7. The van der Waals surface area contributed by atoms with E-state index in [0.717, 1.165) is 11.1 Å². The fraction of sp³-hybridized carbons (Fsp3) is 0.0833. The third-order valence-electron chi connectivity index (χ3n) is 4.63. The first kappa shape index (κ1) is 22.1. The number of methoxy groups -OCH3 is 1. The van der Waals surface area contributed by atoms with Crippen LogP contribution in [-0.4, -0.2) is 23.2 Å². The van der Waals surface area contributed by atoms with Gasteiger partial charge >= 0.3 is 5.97 Å². The third kappa shape index (κ3) is 4.87. The maximum atomic E-state index is 11.6. The quantitative estimate of drug-likeness (QED) is 0.264. The van der Waals surface area contributed by atoms with Crippen molar-refractivity contribution in [3.63, 3.8) is 0 Å². The molecule has 0 unspecified atom stereocenters. The Kier molecular flexibility index (Phi) is 6.62. The molecule has 4 aromatic rings. The molecule has 4 rings (SSSR count). The van der Waals surface area contributed by atoms with Gasteiger partial charge in [0.15, 0.2) is 5.75 Å². The van der Waals surface area contributed by atoms with Crippen LogP contribution in [0.4, 0.5) is 0 Å². The molecule has 0 aliphatic rings. The molecule has 0 radical (unpaired) electrons. The second-order valence-electron chi connectivity index (χ2n) is 6.83. The van der Waals surface area contributed by atoms with Crippen molar-refractivity contribution in [3.05, 3.63) is 81.4 Å². The number of nitrogens with zero attached hydrogens (tertiary/aromatic N) is 1. The number of ether oxygens (including phenoxy) is 2. The first-order valence-corrected chi connectivity index (χ1v) is 11.1. The summed E-state index contributed by atoms with van der Waals surface area (Å²) in [4.78, 5) is 16.1. The van der Waals surface area contributed by atoms with Gasteiger partial charge in [-0.1, -0.05) is 30.3 Å². The van der Waals surface area contributed by atoms with Gasteiger partial charge in [-0.2, -0.15) is 0 Å². The monoisotopic (exact) mass is 557 g/mol. The first-order valence-electron chi connectivity index (χ1n) is 9.51. The van der Waals surface area contributed by atoms with E-state index in [-0.39, 0.29) is 24.0 Å². The van der Waals surface area contributed by atoms with Gasteiger partial charge in [-0.25, -0.2) is 4.98 Å². The number of phenolic OH excluding ortho intramolecular Hbond substituents is 1. The van der Waals surface area contributed by atoms with Crippen molar-refractivity contribution in [2.75, 3.05) is 7.11 Å². The van der Waals surface area contributed by atoms with E-state index in [1.165, 1.54) is 13.2 Å². The predicted molar refractivity (Wildman–Crippen MR) is 127 cm³/mol. The minimum absolute atomic E-state index is 0.0189. The van der Waals surface area contributed by atoms with E-state index in [1.54, 1.807) is 30.5 Å². The molecular formula is C24H17Br2NO5. The number of aromatic hydroxyl groups is 1. The van der Waals surface area contributed by atoms with Crippen LogP contribution in [-0.2, 0) is 16.0 Å². The van der Waals surface area contributed by atoms with Crippen LogP contribution in [0, 0.1) is 0 Å². The molecule has 0 amide bonds. The van der Waals surface area contributed by atoms with Crippen molar-refractivity contribution in [2.24, 2.45) is 0 Å². The van der Waals surface area contributed by atoms with E-state index in [2.05, 4.69) is 36.8 Å². The average Bonchev–Trinajstić information content (AvgIpc) is 3.28. The van der Waals surface area contributed by atoms with Crippen molar-refractivity contribution in [1.82, 2.24) is 4.98 Å². The van der Waals surface area contributed by atoms with Crippen LogP contribution in [0.25, 0.3) is 22.7 Å². The molecule has 0 bridgehead atoms. The van der Waals surface area contributed by atoms with Gasteiger partial charge in [0.05, 0.1) is 28.0 Å². The molecule has 0 aliphatic carbocycles. The highest BCUT2D eigenvalue weighted by Gasteiger charge is 2.16. The Hall–Kier alpha value is -3.10. The van der Waals surface area contributed by atoms with E-state index >= 15 is 0 Å². The molecule has 162 valence electrons. The van der Waals surface area contributed by atoms with Gasteiger partial charge in [0, 0.05) is 5.56 Å². The van der Waals surface area contributed by atoms with Crippen molar-refractivity contribution < 1.29 is 23.8 Å². The fourth-order valence-electron chi connectivity index (χ4n) is 3.06. The molecule has 1 heterocycles. The summed E-state index contributed by atoms with van der Waals surface area (Å²) in [5, 5.41) is 10.4. The van der Waals surface area contributed by atoms with E-state index in [9.17, 15) is 9.90 Å².